The molecule has 0 aromatic rings. The van der Waals surface area contributed by atoms with E-state index in [1.54, 1.807) is 13.0 Å². The molecule has 0 rings (SSSR count). The van der Waals surface area contributed by atoms with E-state index >= 15 is 0 Å². The van der Waals surface area contributed by atoms with Crippen molar-refractivity contribution in [2.24, 2.45) is 10.7 Å². The van der Waals surface area contributed by atoms with E-state index in [0.717, 1.165) is 11.1 Å². The maximum Gasteiger partial charge on any atom is 0.337 e. The molecule has 2 N–H and O–H groups in total. The number of methoxy groups -OCH3 is 1. The van der Waals surface area contributed by atoms with Crippen LogP contribution in [0.3, 0.4) is 0 Å². The molecule has 0 bridgehead atoms. The molecular formula is C11H18N2O2. The topological polar surface area (TPSA) is 64.7 Å². The molecule has 4 nitrogen and oxygen atoms in total. The highest BCUT2D eigenvalue weighted by Crippen LogP contribution is 2.16. The lowest BCUT2D eigenvalue weighted by atomic mass is 10.0. The number of esters is 1. The minimum absolute atomic E-state index is 0.346. The lowest BCUT2D eigenvalue weighted by Crippen LogP contribution is -2.10. The number of allylic oxidation sites excluding steroid dienone is 2. The number of hydrogen-bond donors (Lipinski definition) is 1. The second-order valence-electron chi connectivity index (χ2n) is 3.16. The Kier molecular flexibility index (Phi) is 6.09. The van der Waals surface area contributed by atoms with Crippen LogP contribution in [-0.2, 0) is 9.53 Å². The predicted octanol–water partition coefficient (Wildman–Crippen LogP) is 1.43. The Bertz CT molecular complexity index is 311. The summed E-state index contributed by atoms with van der Waals surface area (Å²) in [5.74, 6) is -0.346. The van der Waals surface area contributed by atoms with Gasteiger partial charge in [0, 0.05) is 0 Å². The zero-order chi connectivity index (χ0) is 11.8. The van der Waals surface area contributed by atoms with E-state index in [2.05, 4.69) is 9.73 Å². The fourth-order valence-corrected chi connectivity index (χ4v) is 1.18. The molecule has 0 aliphatic carbocycles. The van der Waals surface area contributed by atoms with Gasteiger partial charge in [-0.2, -0.15) is 0 Å². The van der Waals surface area contributed by atoms with Crippen LogP contribution < -0.4 is 5.73 Å². The van der Waals surface area contributed by atoms with Gasteiger partial charge in [-0.3, -0.25) is 4.99 Å². The first kappa shape index (κ1) is 13.4. The van der Waals surface area contributed by atoms with Crippen LogP contribution in [0.2, 0.25) is 0 Å². The van der Waals surface area contributed by atoms with Gasteiger partial charge < -0.3 is 10.5 Å². The van der Waals surface area contributed by atoms with Crippen LogP contribution in [0.25, 0.3) is 0 Å². The molecule has 0 saturated carbocycles. The van der Waals surface area contributed by atoms with Crippen molar-refractivity contribution in [1.29, 1.82) is 0 Å². The maximum absolute atomic E-state index is 11.4. The van der Waals surface area contributed by atoms with Crippen LogP contribution in [0.1, 0.15) is 20.8 Å². The average Bonchev–Trinajstić information content (AvgIpc) is 2.22. The van der Waals surface area contributed by atoms with Gasteiger partial charge in [-0.05, 0) is 26.3 Å². The van der Waals surface area contributed by atoms with E-state index in [1.165, 1.54) is 13.4 Å². The third-order valence-corrected chi connectivity index (χ3v) is 1.98. The normalized spacial score (nSPS) is 11.6. The third-order valence-electron chi connectivity index (χ3n) is 1.98. The number of rotatable bonds is 4. The quantitative estimate of drug-likeness (QED) is 0.251. The summed E-state index contributed by atoms with van der Waals surface area (Å²) in [6.07, 6.45) is 2.95. The zero-order valence-corrected chi connectivity index (χ0v) is 9.70. The van der Waals surface area contributed by atoms with E-state index in [-0.39, 0.29) is 5.97 Å². The fourth-order valence-electron chi connectivity index (χ4n) is 1.18. The summed E-state index contributed by atoms with van der Waals surface area (Å²) < 4.78 is 4.69. The van der Waals surface area contributed by atoms with E-state index in [0.29, 0.717) is 12.1 Å². The Morgan fingerprint density at radius 3 is 2.40 bits per heavy atom. The van der Waals surface area contributed by atoms with E-state index in [1.807, 2.05) is 13.8 Å². The van der Waals surface area contributed by atoms with Crippen LogP contribution in [0, 0.1) is 0 Å². The van der Waals surface area contributed by atoms with Crippen LogP contribution in [0.15, 0.2) is 27.8 Å². The lowest BCUT2D eigenvalue weighted by molar-refractivity contribution is -0.135. The maximum atomic E-state index is 11.4. The van der Waals surface area contributed by atoms with Crippen molar-refractivity contribution in [2.75, 3.05) is 13.7 Å². The standard InChI is InChI=1S/C11H18N2O2/c1-5-9(11(14)15-4)10(8(2)3)6-13-7-12/h5,7H,6H2,1-4H3,(H2,12,13)/b9-5+. The van der Waals surface area contributed by atoms with Gasteiger partial charge >= 0.3 is 5.97 Å². The first-order valence-electron chi connectivity index (χ1n) is 4.69. The second-order valence-corrected chi connectivity index (χ2v) is 3.16. The Labute approximate surface area is 90.5 Å². The summed E-state index contributed by atoms with van der Waals surface area (Å²) in [5, 5.41) is 0. The molecule has 0 amide bonds. The average molecular weight is 210 g/mol. The SMILES string of the molecule is C/C=C(/C(=O)OC)C(CN=CN)=C(C)C. The van der Waals surface area contributed by atoms with Crippen molar-refractivity contribution < 1.29 is 9.53 Å². The molecule has 0 spiro atoms. The number of ether oxygens (including phenoxy) is 1. The van der Waals surface area contributed by atoms with E-state index < -0.39 is 0 Å². The smallest absolute Gasteiger partial charge is 0.337 e. The summed E-state index contributed by atoms with van der Waals surface area (Å²) in [4.78, 5) is 15.4. The van der Waals surface area contributed by atoms with Crippen LogP contribution >= 0.6 is 0 Å². The first-order valence-corrected chi connectivity index (χ1v) is 4.69. The van der Waals surface area contributed by atoms with Crippen molar-refractivity contribution >= 4 is 12.3 Å². The Morgan fingerprint density at radius 1 is 1.47 bits per heavy atom. The van der Waals surface area contributed by atoms with Gasteiger partial charge in [0.25, 0.3) is 0 Å². The molecule has 0 aliphatic rings. The lowest BCUT2D eigenvalue weighted by Gasteiger charge is -2.09. The van der Waals surface area contributed by atoms with Crippen LogP contribution in [0.5, 0.6) is 0 Å². The van der Waals surface area contributed by atoms with E-state index in [9.17, 15) is 4.79 Å². The molecule has 0 saturated heterocycles. The molecule has 0 fully saturated rings. The first-order chi connectivity index (χ1) is 7.08. The van der Waals surface area contributed by atoms with Crippen molar-refractivity contribution in [3.63, 3.8) is 0 Å². The van der Waals surface area contributed by atoms with Gasteiger partial charge in [-0.1, -0.05) is 11.6 Å². The fraction of sp³-hybridized carbons (Fsp3) is 0.455. The largest absolute Gasteiger partial charge is 0.465 e. The highest BCUT2D eigenvalue weighted by molar-refractivity contribution is 5.93. The predicted molar refractivity (Wildman–Crippen MR) is 61.7 cm³/mol. The summed E-state index contributed by atoms with van der Waals surface area (Å²) >= 11 is 0. The molecule has 0 heterocycles. The summed E-state index contributed by atoms with van der Waals surface area (Å²) in [5.41, 5.74) is 7.60. The molecule has 0 aromatic carbocycles. The molecule has 15 heavy (non-hydrogen) atoms. The van der Waals surface area contributed by atoms with Gasteiger partial charge in [0.1, 0.15) is 0 Å². The minimum atomic E-state index is -0.346. The highest BCUT2D eigenvalue weighted by atomic mass is 16.5. The second kappa shape index (κ2) is 6.81. The van der Waals surface area contributed by atoms with Gasteiger partial charge in [0.15, 0.2) is 0 Å². The summed E-state index contributed by atoms with van der Waals surface area (Å²) in [7, 11) is 1.36. The summed E-state index contributed by atoms with van der Waals surface area (Å²) in [6, 6.07) is 0. The summed E-state index contributed by atoms with van der Waals surface area (Å²) in [6.45, 7) is 6.04. The molecule has 4 heteroatoms. The van der Waals surface area contributed by atoms with Crippen molar-refractivity contribution in [3.8, 4) is 0 Å². The van der Waals surface area contributed by atoms with Crippen molar-refractivity contribution in [1.82, 2.24) is 0 Å². The van der Waals surface area contributed by atoms with Crippen LogP contribution in [-0.4, -0.2) is 26.0 Å². The number of nitrogens with two attached hydrogens (primary N) is 1. The Hall–Kier alpha value is -1.58. The number of nitrogens with zero attached hydrogens (tertiary/aromatic N) is 1. The Balaban J connectivity index is 5.08. The van der Waals surface area contributed by atoms with Gasteiger partial charge in [0.05, 0.1) is 25.6 Å². The van der Waals surface area contributed by atoms with Gasteiger partial charge in [-0.15, -0.1) is 0 Å². The Morgan fingerprint density at radius 2 is 2.07 bits per heavy atom. The molecule has 0 unspecified atom stereocenters. The number of aliphatic imine (C=N–C) groups is 1. The van der Waals surface area contributed by atoms with E-state index in [4.69, 9.17) is 5.73 Å². The third kappa shape index (κ3) is 3.97. The van der Waals surface area contributed by atoms with Gasteiger partial charge in [-0.25, -0.2) is 4.79 Å². The van der Waals surface area contributed by atoms with Crippen molar-refractivity contribution in [3.05, 3.63) is 22.8 Å². The molecular weight excluding hydrogens is 192 g/mol. The van der Waals surface area contributed by atoms with Crippen LogP contribution in [0.4, 0.5) is 0 Å². The zero-order valence-electron chi connectivity index (χ0n) is 9.70. The minimum Gasteiger partial charge on any atom is -0.465 e. The molecule has 0 aliphatic heterocycles. The van der Waals surface area contributed by atoms with Crippen molar-refractivity contribution in [2.45, 2.75) is 20.8 Å². The van der Waals surface area contributed by atoms with Gasteiger partial charge in [0.2, 0.25) is 0 Å². The molecule has 0 atom stereocenters. The number of carbonyl (C=O) groups excluding carboxylic acids is 1. The molecule has 0 aromatic heterocycles. The molecule has 0 radical (unpaired) electrons. The number of carbonyl (C=O) groups is 1. The molecule has 84 valence electrons. The highest BCUT2D eigenvalue weighted by Gasteiger charge is 2.14. The number of hydrogen-bond acceptors (Lipinski definition) is 3. The monoisotopic (exact) mass is 210 g/mol.